The molecule has 0 unspecified atom stereocenters. The number of anilines is 1. The highest BCUT2D eigenvalue weighted by Gasteiger charge is 2.01. The molecular weight excluding hydrogens is 252 g/mol. The van der Waals surface area contributed by atoms with Gasteiger partial charge in [0.25, 0.3) is 0 Å². The molecule has 1 aromatic carbocycles. The van der Waals surface area contributed by atoms with E-state index in [0.29, 0.717) is 0 Å². The highest BCUT2D eigenvalue weighted by Crippen LogP contribution is 2.28. The smallest absolute Gasteiger partial charge is 0.0453 e. The van der Waals surface area contributed by atoms with Crippen LogP contribution in [0.4, 0.5) is 5.69 Å². The first-order chi connectivity index (χ1) is 8.25. The molecule has 0 fully saturated rings. The Balaban J connectivity index is 1.92. The van der Waals surface area contributed by atoms with Crippen LogP contribution >= 0.6 is 23.4 Å². The second kappa shape index (κ2) is 5.94. The quantitative estimate of drug-likeness (QED) is 0.677. The Labute approximate surface area is 110 Å². The molecule has 2 nitrogen and oxygen atoms in total. The van der Waals surface area contributed by atoms with Gasteiger partial charge in [0.2, 0.25) is 0 Å². The summed E-state index contributed by atoms with van der Waals surface area (Å²) in [7, 11) is 0. The fourth-order valence-corrected chi connectivity index (χ4v) is 2.66. The summed E-state index contributed by atoms with van der Waals surface area (Å²) in [6.07, 6.45) is 2.74. The molecule has 4 heteroatoms. The Kier molecular flexibility index (Phi) is 4.29. The van der Waals surface area contributed by atoms with Gasteiger partial charge < -0.3 is 5.73 Å². The number of nitrogen functional groups attached to an aromatic ring is 1. The highest BCUT2D eigenvalue weighted by atomic mass is 35.5. The van der Waals surface area contributed by atoms with E-state index in [9.17, 15) is 0 Å². The second-order valence-electron chi connectivity index (χ2n) is 3.60. The topological polar surface area (TPSA) is 38.9 Å². The monoisotopic (exact) mass is 264 g/mol. The summed E-state index contributed by atoms with van der Waals surface area (Å²) < 4.78 is 0. The molecule has 0 aliphatic carbocycles. The standard InChI is InChI=1S/C13H13ClN2S/c14-10-4-5-12(15)13(9-10)17-8-6-11-3-1-2-7-16-11/h1-5,7,9H,6,8,15H2. The predicted octanol–water partition coefficient (Wildman–Crippen LogP) is 3.65. The van der Waals surface area contributed by atoms with E-state index < -0.39 is 0 Å². The summed E-state index contributed by atoms with van der Waals surface area (Å²) in [5.74, 6) is 0.946. The van der Waals surface area contributed by atoms with Gasteiger partial charge in [0.05, 0.1) is 0 Å². The van der Waals surface area contributed by atoms with E-state index in [0.717, 1.165) is 33.5 Å². The fourth-order valence-electron chi connectivity index (χ4n) is 1.44. The largest absolute Gasteiger partial charge is 0.398 e. The van der Waals surface area contributed by atoms with Gasteiger partial charge in [0.15, 0.2) is 0 Å². The summed E-state index contributed by atoms with van der Waals surface area (Å²) in [5.41, 5.74) is 7.75. The number of aromatic nitrogens is 1. The van der Waals surface area contributed by atoms with Gasteiger partial charge in [-0.25, -0.2) is 0 Å². The molecule has 0 bridgehead atoms. The average molecular weight is 265 g/mol. The van der Waals surface area contributed by atoms with E-state index in [-0.39, 0.29) is 0 Å². The Hall–Kier alpha value is -1.19. The summed E-state index contributed by atoms with van der Waals surface area (Å²) >= 11 is 7.64. The number of rotatable bonds is 4. The van der Waals surface area contributed by atoms with Crippen molar-refractivity contribution in [1.82, 2.24) is 4.98 Å². The molecule has 0 amide bonds. The third-order valence-electron chi connectivity index (χ3n) is 2.32. The Bertz CT molecular complexity index is 488. The maximum absolute atomic E-state index is 5.93. The Morgan fingerprint density at radius 1 is 1.24 bits per heavy atom. The van der Waals surface area contributed by atoms with Crippen LogP contribution in [0.2, 0.25) is 5.02 Å². The predicted molar refractivity (Wildman–Crippen MR) is 74.5 cm³/mol. The number of hydrogen-bond acceptors (Lipinski definition) is 3. The van der Waals surface area contributed by atoms with Crippen molar-refractivity contribution in [3.8, 4) is 0 Å². The van der Waals surface area contributed by atoms with Crippen molar-refractivity contribution in [3.63, 3.8) is 0 Å². The molecule has 0 saturated heterocycles. The third kappa shape index (κ3) is 3.65. The first kappa shape index (κ1) is 12.3. The van der Waals surface area contributed by atoms with Gasteiger partial charge in [-0.15, -0.1) is 11.8 Å². The van der Waals surface area contributed by atoms with Gasteiger partial charge in [-0.05, 0) is 36.8 Å². The van der Waals surface area contributed by atoms with E-state index in [1.807, 2.05) is 36.5 Å². The number of aryl methyl sites for hydroxylation is 1. The third-order valence-corrected chi connectivity index (χ3v) is 3.63. The normalized spacial score (nSPS) is 10.4. The van der Waals surface area contributed by atoms with Gasteiger partial charge in [-0.1, -0.05) is 17.7 Å². The van der Waals surface area contributed by atoms with E-state index in [1.54, 1.807) is 17.8 Å². The number of nitrogens with zero attached hydrogens (tertiary/aromatic N) is 1. The van der Waals surface area contributed by atoms with Crippen molar-refractivity contribution in [2.24, 2.45) is 0 Å². The van der Waals surface area contributed by atoms with Gasteiger partial charge >= 0.3 is 0 Å². The molecule has 0 atom stereocenters. The summed E-state index contributed by atoms with van der Waals surface area (Å²) in [4.78, 5) is 5.31. The summed E-state index contributed by atoms with van der Waals surface area (Å²) in [6, 6.07) is 11.5. The van der Waals surface area contributed by atoms with Gasteiger partial charge in [-0.3, -0.25) is 4.98 Å². The molecule has 0 spiro atoms. The first-order valence-corrected chi connectivity index (χ1v) is 6.70. The molecule has 88 valence electrons. The first-order valence-electron chi connectivity index (χ1n) is 5.33. The molecule has 2 rings (SSSR count). The maximum atomic E-state index is 5.93. The van der Waals surface area contributed by atoms with Crippen LogP contribution in [0.25, 0.3) is 0 Å². The lowest BCUT2D eigenvalue weighted by Crippen LogP contribution is -1.93. The highest BCUT2D eigenvalue weighted by molar-refractivity contribution is 7.99. The van der Waals surface area contributed by atoms with E-state index in [1.165, 1.54) is 0 Å². The van der Waals surface area contributed by atoms with Gasteiger partial charge in [0.1, 0.15) is 0 Å². The lowest BCUT2D eigenvalue weighted by atomic mass is 10.3. The molecule has 2 aromatic rings. The molecule has 0 saturated carbocycles. The molecule has 1 heterocycles. The Morgan fingerprint density at radius 2 is 2.12 bits per heavy atom. The molecule has 0 aliphatic heterocycles. The van der Waals surface area contributed by atoms with Crippen molar-refractivity contribution in [1.29, 1.82) is 0 Å². The number of hydrogen-bond donors (Lipinski definition) is 1. The minimum atomic E-state index is 0.722. The number of halogens is 1. The van der Waals surface area contributed by atoms with Crippen molar-refractivity contribution >= 4 is 29.1 Å². The lowest BCUT2D eigenvalue weighted by Gasteiger charge is -2.05. The summed E-state index contributed by atoms with van der Waals surface area (Å²) in [5, 5.41) is 0.722. The second-order valence-corrected chi connectivity index (χ2v) is 5.17. The minimum Gasteiger partial charge on any atom is -0.398 e. The van der Waals surface area contributed by atoms with Crippen molar-refractivity contribution in [2.45, 2.75) is 11.3 Å². The zero-order valence-electron chi connectivity index (χ0n) is 9.27. The fraction of sp³-hybridized carbons (Fsp3) is 0.154. The van der Waals surface area contributed by atoms with Crippen LogP contribution in [-0.2, 0) is 6.42 Å². The van der Waals surface area contributed by atoms with E-state index in [4.69, 9.17) is 17.3 Å². The van der Waals surface area contributed by atoms with E-state index >= 15 is 0 Å². The van der Waals surface area contributed by atoms with Crippen LogP contribution in [0.15, 0.2) is 47.5 Å². The average Bonchev–Trinajstić information content (AvgIpc) is 2.35. The molecule has 17 heavy (non-hydrogen) atoms. The molecule has 0 aliphatic rings. The zero-order chi connectivity index (χ0) is 12.1. The van der Waals surface area contributed by atoms with Crippen LogP contribution in [0, 0.1) is 0 Å². The van der Waals surface area contributed by atoms with Crippen LogP contribution < -0.4 is 5.73 Å². The number of benzene rings is 1. The Morgan fingerprint density at radius 3 is 2.88 bits per heavy atom. The molecule has 2 N–H and O–H groups in total. The molecule has 0 radical (unpaired) electrons. The van der Waals surface area contributed by atoms with E-state index in [2.05, 4.69) is 4.98 Å². The lowest BCUT2D eigenvalue weighted by molar-refractivity contribution is 1.05. The number of thioether (sulfide) groups is 1. The van der Waals surface area contributed by atoms with Gasteiger partial charge in [0, 0.05) is 33.2 Å². The van der Waals surface area contributed by atoms with Crippen LogP contribution in [-0.4, -0.2) is 10.7 Å². The molecular formula is C13H13ClN2S. The SMILES string of the molecule is Nc1ccc(Cl)cc1SCCc1ccccn1. The number of pyridine rings is 1. The van der Waals surface area contributed by atoms with Crippen LogP contribution in [0.5, 0.6) is 0 Å². The maximum Gasteiger partial charge on any atom is 0.0453 e. The number of nitrogens with two attached hydrogens (primary N) is 1. The minimum absolute atomic E-state index is 0.722. The van der Waals surface area contributed by atoms with Crippen molar-refractivity contribution < 1.29 is 0 Å². The van der Waals surface area contributed by atoms with Crippen molar-refractivity contribution in [3.05, 3.63) is 53.3 Å². The zero-order valence-corrected chi connectivity index (χ0v) is 10.8. The molecule has 1 aromatic heterocycles. The summed E-state index contributed by atoms with van der Waals surface area (Å²) in [6.45, 7) is 0. The van der Waals surface area contributed by atoms with Crippen LogP contribution in [0.3, 0.4) is 0 Å². The van der Waals surface area contributed by atoms with Crippen molar-refractivity contribution in [2.75, 3.05) is 11.5 Å². The van der Waals surface area contributed by atoms with Gasteiger partial charge in [-0.2, -0.15) is 0 Å². The van der Waals surface area contributed by atoms with Crippen LogP contribution in [0.1, 0.15) is 5.69 Å².